The van der Waals surface area contributed by atoms with Gasteiger partial charge in [-0.25, -0.2) is 4.98 Å². The summed E-state index contributed by atoms with van der Waals surface area (Å²) in [5, 5.41) is 6.12. The van der Waals surface area contributed by atoms with Gasteiger partial charge in [-0.15, -0.1) is 11.3 Å². The first-order valence-electron chi connectivity index (χ1n) is 6.49. The van der Waals surface area contributed by atoms with Crippen LogP contribution < -0.4 is 16.2 Å². The van der Waals surface area contributed by atoms with Crippen LogP contribution in [0, 0.1) is 6.92 Å². The minimum absolute atomic E-state index is 0.166. The largest absolute Gasteiger partial charge is 0.376 e. The first-order valence-corrected chi connectivity index (χ1v) is 7.77. The van der Waals surface area contributed by atoms with E-state index in [2.05, 4.69) is 21.2 Å². The van der Waals surface area contributed by atoms with Gasteiger partial charge in [0.1, 0.15) is 5.01 Å². The van der Waals surface area contributed by atoms with Crippen molar-refractivity contribution in [3.05, 3.63) is 16.1 Å². The zero-order chi connectivity index (χ0) is 14.4. The van der Waals surface area contributed by atoms with Crippen molar-refractivity contribution < 1.29 is 9.53 Å². The number of rotatable bonds is 4. The summed E-state index contributed by atoms with van der Waals surface area (Å²) in [6.07, 6.45) is 2.60. The van der Waals surface area contributed by atoms with E-state index in [0.717, 1.165) is 30.2 Å². The monoisotopic (exact) mass is 314 g/mol. The average molecular weight is 314 g/mol. The third-order valence-corrected chi connectivity index (χ3v) is 4.02. The van der Waals surface area contributed by atoms with Crippen molar-refractivity contribution in [1.29, 1.82) is 0 Å². The topological polar surface area (TPSA) is 75.3 Å². The predicted octanol–water partition coefficient (Wildman–Crippen LogP) is 0.668. The maximum Gasteiger partial charge on any atom is 0.245 e. The molecule has 0 unspecified atom stereocenters. The summed E-state index contributed by atoms with van der Waals surface area (Å²) >= 11 is 6.54. The summed E-state index contributed by atoms with van der Waals surface area (Å²) in [4.78, 5) is 15.9. The van der Waals surface area contributed by atoms with E-state index in [1.54, 1.807) is 0 Å². The molecule has 0 aromatic carbocycles. The van der Waals surface area contributed by atoms with E-state index in [9.17, 15) is 4.79 Å². The third kappa shape index (κ3) is 5.03. The first kappa shape index (κ1) is 15.1. The van der Waals surface area contributed by atoms with Gasteiger partial charge in [0.05, 0.1) is 12.5 Å². The molecule has 1 aromatic heterocycles. The molecule has 1 fully saturated rings. The second-order valence-electron chi connectivity index (χ2n) is 4.58. The lowest BCUT2D eigenvalue weighted by Gasteiger charge is -2.14. The highest BCUT2D eigenvalue weighted by molar-refractivity contribution is 7.80. The Balaban J connectivity index is 1.61. The van der Waals surface area contributed by atoms with Gasteiger partial charge in [0.25, 0.3) is 0 Å². The number of hydrazine groups is 1. The molecule has 0 aliphatic carbocycles. The Morgan fingerprint density at radius 2 is 2.45 bits per heavy atom. The molecule has 2 rings (SSSR count). The summed E-state index contributed by atoms with van der Waals surface area (Å²) in [7, 11) is 0. The molecular formula is C12H18N4O2S2. The first-order chi connectivity index (χ1) is 9.63. The van der Waals surface area contributed by atoms with E-state index < -0.39 is 0 Å². The van der Waals surface area contributed by atoms with Gasteiger partial charge in [-0.2, -0.15) is 0 Å². The molecule has 1 aliphatic heterocycles. The third-order valence-electron chi connectivity index (χ3n) is 2.81. The molecule has 0 spiro atoms. The van der Waals surface area contributed by atoms with Crippen LogP contribution in [0.3, 0.4) is 0 Å². The maximum absolute atomic E-state index is 11.7. The van der Waals surface area contributed by atoms with Gasteiger partial charge in [0.2, 0.25) is 5.91 Å². The van der Waals surface area contributed by atoms with Gasteiger partial charge in [-0.3, -0.25) is 15.6 Å². The summed E-state index contributed by atoms with van der Waals surface area (Å²) in [6, 6.07) is 0. The fourth-order valence-electron chi connectivity index (χ4n) is 1.85. The van der Waals surface area contributed by atoms with E-state index >= 15 is 0 Å². The number of ether oxygens (including phenoxy) is 1. The zero-order valence-electron chi connectivity index (χ0n) is 11.3. The summed E-state index contributed by atoms with van der Waals surface area (Å²) < 4.78 is 5.47. The Labute approximate surface area is 127 Å². The highest BCUT2D eigenvalue weighted by Gasteiger charge is 2.15. The van der Waals surface area contributed by atoms with E-state index in [1.807, 2.05) is 12.3 Å². The Morgan fingerprint density at radius 3 is 3.10 bits per heavy atom. The smallest absolute Gasteiger partial charge is 0.245 e. The number of carbonyl (C=O) groups is 1. The van der Waals surface area contributed by atoms with Gasteiger partial charge in [0, 0.05) is 24.2 Å². The number of thiocarbonyl (C=S) groups is 1. The van der Waals surface area contributed by atoms with Crippen LogP contribution in [0.4, 0.5) is 0 Å². The molecule has 1 atom stereocenters. The molecule has 0 saturated carbocycles. The molecular weight excluding hydrogens is 296 g/mol. The van der Waals surface area contributed by atoms with Crippen LogP contribution in [0.2, 0.25) is 0 Å². The van der Waals surface area contributed by atoms with Crippen molar-refractivity contribution in [2.45, 2.75) is 32.3 Å². The van der Waals surface area contributed by atoms with E-state index in [1.165, 1.54) is 11.3 Å². The number of hydrogen-bond donors (Lipinski definition) is 3. The van der Waals surface area contributed by atoms with E-state index in [4.69, 9.17) is 17.0 Å². The van der Waals surface area contributed by atoms with Gasteiger partial charge in [-0.05, 0) is 32.0 Å². The molecule has 0 bridgehead atoms. The number of thiazole rings is 1. The Morgan fingerprint density at radius 1 is 1.60 bits per heavy atom. The molecule has 20 heavy (non-hydrogen) atoms. The summed E-state index contributed by atoms with van der Waals surface area (Å²) in [5.74, 6) is -0.166. The molecule has 3 N–H and O–H groups in total. The fraction of sp³-hybridized carbons (Fsp3) is 0.583. The van der Waals surface area contributed by atoms with Crippen molar-refractivity contribution in [3.8, 4) is 0 Å². The highest BCUT2D eigenvalue weighted by atomic mass is 32.1. The number of aromatic nitrogens is 1. The second-order valence-corrected chi connectivity index (χ2v) is 5.93. The van der Waals surface area contributed by atoms with Crippen LogP contribution >= 0.6 is 23.6 Å². The molecule has 0 radical (unpaired) electrons. The van der Waals surface area contributed by atoms with Crippen molar-refractivity contribution in [3.63, 3.8) is 0 Å². The lowest BCUT2D eigenvalue weighted by molar-refractivity contribution is -0.121. The van der Waals surface area contributed by atoms with Gasteiger partial charge in [-0.1, -0.05) is 0 Å². The molecule has 1 saturated heterocycles. The minimum Gasteiger partial charge on any atom is -0.376 e. The lowest BCUT2D eigenvalue weighted by Crippen LogP contribution is -2.48. The average Bonchev–Trinajstić information content (AvgIpc) is 3.06. The van der Waals surface area contributed by atoms with Gasteiger partial charge in [0.15, 0.2) is 5.11 Å². The number of nitrogens with zero attached hydrogens (tertiary/aromatic N) is 1. The van der Waals surface area contributed by atoms with Crippen LogP contribution in [0.1, 0.15) is 23.5 Å². The van der Waals surface area contributed by atoms with Crippen LogP contribution in [0.5, 0.6) is 0 Å². The summed E-state index contributed by atoms with van der Waals surface area (Å²) in [5.41, 5.74) is 6.15. The van der Waals surface area contributed by atoms with Crippen LogP contribution in [-0.4, -0.2) is 35.3 Å². The van der Waals surface area contributed by atoms with Crippen molar-refractivity contribution in [2.75, 3.05) is 13.2 Å². The maximum atomic E-state index is 11.7. The predicted molar refractivity (Wildman–Crippen MR) is 81.4 cm³/mol. The number of carbonyl (C=O) groups excluding carboxylic acids is 1. The van der Waals surface area contributed by atoms with Gasteiger partial charge >= 0.3 is 0 Å². The van der Waals surface area contributed by atoms with E-state index in [-0.39, 0.29) is 18.4 Å². The Bertz CT molecular complexity index is 472. The number of nitrogens with one attached hydrogen (secondary N) is 3. The Hall–Kier alpha value is -1.25. The lowest BCUT2D eigenvalue weighted by atomic mass is 10.2. The van der Waals surface area contributed by atoms with Crippen molar-refractivity contribution in [2.24, 2.45) is 0 Å². The van der Waals surface area contributed by atoms with Gasteiger partial charge < -0.3 is 10.1 Å². The van der Waals surface area contributed by atoms with Crippen LogP contribution in [0.15, 0.2) is 5.38 Å². The number of aryl methyl sites for hydroxylation is 1. The standard InChI is InChI=1S/C12H18N4O2S2/c1-8-7-20-11(14-8)5-10(17)15-16-12(19)13-6-9-3-2-4-18-9/h7,9H,2-6H2,1H3,(H,15,17)(H2,13,16,19)/t9-/m0/s1. The van der Waals surface area contributed by atoms with Crippen LogP contribution in [-0.2, 0) is 16.0 Å². The fourth-order valence-corrected chi connectivity index (χ4v) is 2.75. The number of amides is 1. The normalized spacial score (nSPS) is 17.8. The molecule has 1 aliphatic rings. The Kier molecular flexibility index (Phi) is 5.69. The van der Waals surface area contributed by atoms with Crippen molar-refractivity contribution in [1.82, 2.24) is 21.2 Å². The zero-order valence-corrected chi connectivity index (χ0v) is 12.9. The minimum atomic E-state index is -0.166. The SMILES string of the molecule is Cc1csc(CC(=O)NNC(=S)NC[C@@H]2CCCO2)n1. The van der Waals surface area contributed by atoms with Crippen molar-refractivity contribution >= 4 is 34.6 Å². The quantitative estimate of drug-likeness (QED) is 0.560. The summed E-state index contributed by atoms with van der Waals surface area (Å²) in [6.45, 7) is 3.38. The molecule has 110 valence electrons. The van der Waals surface area contributed by atoms with E-state index in [0.29, 0.717) is 11.7 Å². The number of hydrogen-bond acceptors (Lipinski definition) is 5. The van der Waals surface area contributed by atoms with Crippen LogP contribution in [0.25, 0.3) is 0 Å². The highest BCUT2D eigenvalue weighted by Crippen LogP contribution is 2.10. The molecule has 1 amide bonds. The molecule has 6 nitrogen and oxygen atoms in total. The molecule has 8 heteroatoms. The molecule has 1 aromatic rings. The molecule has 2 heterocycles. The second kappa shape index (κ2) is 7.51.